The summed E-state index contributed by atoms with van der Waals surface area (Å²) in [5.41, 5.74) is 3.75. The van der Waals surface area contributed by atoms with Crippen LogP contribution < -0.4 is 5.32 Å². The van der Waals surface area contributed by atoms with E-state index in [9.17, 15) is 4.79 Å². The highest BCUT2D eigenvalue weighted by Crippen LogP contribution is 2.34. The van der Waals surface area contributed by atoms with Gasteiger partial charge >= 0.3 is 0 Å². The number of piperidine rings is 1. The fourth-order valence-electron chi connectivity index (χ4n) is 3.76. The minimum atomic E-state index is 0.155. The average molecular weight is 265 g/mol. The summed E-state index contributed by atoms with van der Waals surface area (Å²) in [4.78, 5) is 12.8. The predicted molar refractivity (Wildman–Crippen MR) is 81.3 cm³/mol. The third-order valence-electron chi connectivity index (χ3n) is 4.81. The van der Waals surface area contributed by atoms with Gasteiger partial charge in [0.1, 0.15) is 0 Å². The van der Waals surface area contributed by atoms with Crippen LogP contribution in [0.5, 0.6) is 0 Å². The molecule has 0 spiro atoms. The van der Waals surface area contributed by atoms with Crippen molar-refractivity contribution in [3.05, 3.63) is 47.0 Å². The van der Waals surface area contributed by atoms with E-state index < -0.39 is 0 Å². The van der Waals surface area contributed by atoms with E-state index in [1.54, 1.807) is 0 Å². The lowest BCUT2D eigenvalue weighted by Crippen LogP contribution is -2.34. The number of ketones is 1. The quantitative estimate of drug-likeness (QED) is 0.845. The van der Waals surface area contributed by atoms with Gasteiger partial charge in [0.15, 0.2) is 5.78 Å². The highest BCUT2D eigenvalue weighted by Gasteiger charge is 2.25. The Bertz CT molecular complexity index is 673. The summed E-state index contributed by atoms with van der Waals surface area (Å²) in [6.07, 6.45) is 4.37. The topological polar surface area (TPSA) is 29.1 Å². The monoisotopic (exact) mass is 265 g/mol. The first-order chi connectivity index (χ1) is 9.84. The van der Waals surface area contributed by atoms with E-state index in [1.165, 1.54) is 21.9 Å². The van der Waals surface area contributed by atoms with E-state index in [2.05, 4.69) is 35.6 Å². The molecule has 1 aliphatic carbocycles. The first kappa shape index (κ1) is 12.1. The zero-order chi connectivity index (χ0) is 13.5. The minimum absolute atomic E-state index is 0.155. The van der Waals surface area contributed by atoms with Crippen molar-refractivity contribution in [1.82, 2.24) is 5.32 Å². The van der Waals surface area contributed by atoms with E-state index >= 15 is 0 Å². The number of benzene rings is 2. The molecule has 1 N–H and O–H groups in total. The van der Waals surface area contributed by atoms with Crippen molar-refractivity contribution in [1.29, 1.82) is 0 Å². The SMILES string of the molecule is O=C(c1ccc2c3c(cccc13)CC2)[C@H]1CCCNC1. The summed E-state index contributed by atoms with van der Waals surface area (Å²) < 4.78 is 0. The van der Waals surface area contributed by atoms with Gasteiger partial charge in [-0.2, -0.15) is 0 Å². The van der Waals surface area contributed by atoms with Crippen molar-refractivity contribution < 1.29 is 4.79 Å². The van der Waals surface area contributed by atoms with Crippen LogP contribution in [0.4, 0.5) is 0 Å². The zero-order valence-electron chi connectivity index (χ0n) is 11.6. The smallest absolute Gasteiger partial charge is 0.167 e. The summed E-state index contributed by atoms with van der Waals surface area (Å²) in [6.45, 7) is 1.88. The molecule has 1 atom stereocenters. The molecule has 1 aliphatic heterocycles. The maximum absolute atomic E-state index is 12.8. The van der Waals surface area contributed by atoms with Crippen LogP contribution in [0.2, 0.25) is 0 Å². The number of rotatable bonds is 2. The average Bonchev–Trinajstić information content (AvgIpc) is 2.93. The Morgan fingerprint density at radius 2 is 1.95 bits per heavy atom. The van der Waals surface area contributed by atoms with E-state index in [0.29, 0.717) is 5.78 Å². The molecule has 0 aromatic heterocycles. The molecule has 0 saturated carbocycles. The lowest BCUT2D eigenvalue weighted by Gasteiger charge is -2.22. The molecule has 2 nitrogen and oxygen atoms in total. The van der Waals surface area contributed by atoms with E-state index in [1.807, 2.05) is 0 Å². The van der Waals surface area contributed by atoms with Crippen LogP contribution >= 0.6 is 0 Å². The molecular formula is C18H19NO. The third kappa shape index (κ3) is 1.79. The first-order valence-electron chi connectivity index (χ1n) is 7.63. The number of aryl methyl sites for hydroxylation is 2. The molecule has 2 heteroatoms. The van der Waals surface area contributed by atoms with Gasteiger partial charge < -0.3 is 5.32 Å². The lowest BCUT2D eigenvalue weighted by atomic mass is 9.88. The molecule has 2 aromatic rings. The van der Waals surface area contributed by atoms with E-state index in [0.717, 1.165) is 44.3 Å². The maximum atomic E-state index is 12.8. The molecule has 0 bridgehead atoms. The van der Waals surface area contributed by atoms with Gasteiger partial charge in [0.2, 0.25) is 0 Å². The number of Topliss-reactive ketones (excluding diaryl/α,β-unsaturated/α-hetero) is 1. The summed E-state index contributed by atoms with van der Waals surface area (Å²) in [5, 5.41) is 5.87. The van der Waals surface area contributed by atoms with Crippen molar-refractivity contribution >= 4 is 16.6 Å². The molecule has 4 rings (SSSR count). The number of carbonyl (C=O) groups excluding carboxylic acids is 1. The molecule has 2 aliphatic rings. The van der Waals surface area contributed by atoms with Crippen LogP contribution in [-0.4, -0.2) is 18.9 Å². The van der Waals surface area contributed by atoms with Gasteiger partial charge in [0, 0.05) is 18.0 Å². The van der Waals surface area contributed by atoms with Gasteiger partial charge in [-0.3, -0.25) is 4.79 Å². The predicted octanol–water partition coefficient (Wildman–Crippen LogP) is 3.12. The molecule has 102 valence electrons. The third-order valence-corrected chi connectivity index (χ3v) is 4.81. The van der Waals surface area contributed by atoms with Crippen LogP contribution in [0.15, 0.2) is 30.3 Å². The molecular weight excluding hydrogens is 246 g/mol. The van der Waals surface area contributed by atoms with Crippen molar-refractivity contribution in [2.24, 2.45) is 5.92 Å². The Kier molecular flexibility index (Phi) is 2.85. The van der Waals surface area contributed by atoms with Crippen LogP contribution in [0.1, 0.15) is 34.3 Å². The highest BCUT2D eigenvalue weighted by atomic mass is 16.1. The molecule has 1 heterocycles. The van der Waals surface area contributed by atoms with Crippen molar-refractivity contribution in [2.75, 3.05) is 13.1 Å². The second-order valence-corrected chi connectivity index (χ2v) is 6.02. The van der Waals surface area contributed by atoms with Crippen molar-refractivity contribution in [2.45, 2.75) is 25.7 Å². The minimum Gasteiger partial charge on any atom is -0.316 e. The van der Waals surface area contributed by atoms with Gasteiger partial charge in [-0.25, -0.2) is 0 Å². The molecule has 20 heavy (non-hydrogen) atoms. The normalized spacial score (nSPS) is 21.3. The first-order valence-corrected chi connectivity index (χ1v) is 7.63. The molecule has 0 unspecified atom stereocenters. The Morgan fingerprint density at radius 1 is 1.10 bits per heavy atom. The van der Waals surface area contributed by atoms with Gasteiger partial charge in [-0.1, -0.05) is 30.3 Å². The van der Waals surface area contributed by atoms with Crippen LogP contribution in [0.25, 0.3) is 10.8 Å². The molecule has 0 radical (unpaired) electrons. The number of hydrogen-bond acceptors (Lipinski definition) is 2. The van der Waals surface area contributed by atoms with Gasteiger partial charge in [-0.05, 0) is 54.1 Å². The second kappa shape index (κ2) is 4.71. The molecule has 1 fully saturated rings. The van der Waals surface area contributed by atoms with Crippen molar-refractivity contribution in [3.8, 4) is 0 Å². The van der Waals surface area contributed by atoms with Crippen LogP contribution in [-0.2, 0) is 12.8 Å². The molecule has 2 aromatic carbocycles. The number of carbonyl (C=O) groups is 1. The summed E-state index contributed by atoms with van der Waals surface area (Å²) in [6, 6.07) is 10.7. The van der Waals surface area contributed by atoms with Crippen molar-refractivity contribution in [3.63, 3.8) is 0 Å². The maximum Gasteiger partial charge on any atom is 0.167 e. The van der Waals surface area contributed by atoms with Gasteiger partial charge in [0.05, 0.1) is 0 Å². The van der Waals surface area contributed by atoms with Crippen LogP contribution in [0, 0.1) is 5.92 Å². The van der Waals surface area contributed by atoms with Crippen LogP contribution in [0.3, 0.4) is 0 Å². The van der Waals surface area contributed by atoms with E-state index in [4.69, 9.17) is 0 Å². The summed E-state index contributed by atoms with van der Waals surface area (Å²) in [5.74, 6) is 0.481. The molecule has 1 saturated heterocycles. The number of hydrogen-bond donors (Lipinski definition) is 1. The van der Waals surface area contributed by atoms with Gasteiger partial charge in [-0.15, -0.1) is 0 Å². The largest absolute Gasteiger partial charge is 0.316 e. The molecule has 0 amide bonds. The zero-order valence-corrected chi connectivity index (χ0v) is 11.6. The standard InChI is InChI=1S/C18H19NO/c20-18(14-4-2-10-19-11-14)16-9-8-13-7-6-12-3-1-5-15(16)17(12)13/h1,3,5,8-9,14,19H,2,4,6-7,10-11H2/t14-/m0/s1. The van der Waals surface area contributed by atoms with E-state index in [-0.39, 0.29) is 5.92 Å². The fraction of sp³-hybridized carbons (Fsp3) is 0.389. The summed E-state index contributed by atoms with van der Waals surface area (Å²) in [7, 11) is 0. The fourth-order valence-corrected chi connectivity index (χ4v) is 3.76. The highest BCUT2D eigenvalue weighted by molar-refractivity contribution is 6.11. The Balaban J connectivity index is 1.82. The Hall–Kier alpha value is -1.67. The number of nitrogens with one attached hydrogen (secondary N) is 1. The Morgan fingerprint density at radius 3 is 2.75 bits per heavy atom. The summed E-state index contributed by atoms with van der Waals surface area (Å²) >= 11 is 0. The Labute approximate surface area is 119 Å². The lowest BCUT2D eigenvalue weighted by molar-refractivity contribution is 0.0901. The second-order valence-electron chi connectivity index (χ2n) is 6.02. The van der Waals surface area contributed by atoms with Gasteiger partial charge in [0.25, 0.3) is 0 Å².